The number of nitrogens with one attached hydrogen (secondary N) is 2. The lowest BCUT2D eigenvalue weighted by Gasteiger charge is -2.30. The number of carbonyl (C=O) groups excluding carboxylic acids is 1. The van der Waals surface area contributed by atoms with Crippen LogP contribution < -0.4 is 15.4 Å². The fourth-order valence-corrected chi connectivity index (χ4v) is 4.11. The largest absolute Gasteiger partial charge is 0.494 e. The summed E-state index contributed by atoms with van der Waals surface area (Å²) in [5, 5.41) is 16.2. The molecule has 1 amide bonds. The summed E-state index contributed by atoms with van der Waals surface area (Å²) >= 11 is 5.92. The maximum absolute atomic E-state index is 13.6. The zero-order valence-corrected chi connectivity index (χ0v) is 20.6. The Bertz CT molecular complexity index is 1350. The van der Waals surface area contributed by atoms with Gasteiger partial charge in [0.15, 0.2) is 0 Å². The molecule has 1 unspecified atom stereocenters. The van der Waals surface area contributed by atoms with Crippen LogP contribution in [0.2, 0.25) is 5.02 Å². The molecule has 0 saturated carbocycles. The van der Waals surface area contributed by atoms with E-state index < -0.39 is 5.82 Å². The number of nitrogens with zero attached hydrogens (tertiary/aromatic N) is 3. The Labute approximate surface area is 213 Å². The number of methoxy groups -OCH3 is 1. The fourth-order valence-electron chi connectivity index (χ4n) is 3.93. The SMILES string of the molecule is COc1cc2ncc(C#N)c(Nc3ccc(F)c(Cl)c3)c2cc1NC(=O)/C=C/C(C)N1CCOCC1. The standard InChI is InChI=1S/C26H25ClFN5O3/c1-16(33-7-9-36-10-8-33)3-6-25(34)32-23-12-19-22(13-24(23)35-2)30-15-17(14-29)26(19)31-18-4-5-21(28)20(27)11-18/h3-6,11-13,15-16H,7-10H2,1-2H3,(H,30,31)(H,32,34)/b6-3+. The second kappa shape index (κ2) is 11.4. The van der Waals surface area contributed by atoms with E-state index in [1.54, 1.807) is 12.1 Å². The lowest BCUT2D eigenvalue weighted by Crippen LogP contribution is -2.41. The van der Waals surface area contributed by atoms with Crippen molar-refractivity contribution >= 4 is 45.5 Å². The molecule has 4 rings (SSSR count). The Kier molecular flexibility index (Phi) is 8.00. The lowest BCUT2D eigenvalue weighted by atomic mass is 10.1. The number of carbonyl (C=O) groups is 1. The van der Waals surface area contributed by atoms with Crippen molar-refractivity contribution in [1.29, 1.82) is 5.26 Å². The van der Waals surface area contributed by atoms with Gasteiger partial charge in [-0.3, -0.25) is 14.7 Å². The van der Waals surface area contributed by atoms with Crippen molar-refractivity contribution in [3.63, 3.8) is 0 Å². The number of rotatable bonds is 7. The van der Waals surface area contributed by atoms with E-state index in [0.717, 1.165) is 13.1 Å². The molecule has 2 N–H and O–H groups in total. The van der Waals surface area contributed by atoms with Crippen LogP contribution in [0.5, 0.6) is 5.75 Å². The van der Waals surface area contributed by atoms with E-state index >= 15 is 0 Å². The molecule has 3 aromatic rings. The van der Waals surface area contributed by atoms with E-state index in [9.17, 15) is 14.4 Å². The quantitative estimate of drug-likeness (QED) is 0.438. The Morgan fingerprint density at radius 1 is 1.33 bits per heavy atom. The third kappa shape index (κ3) is 5.74. The number of ether oxygens (including phenoxy) is 2. The number of hydrogen-bond donors (Lipinski definition) is 2. The first-order valence-electron chi connectivity index (χ1n) is 11.3. The zero-order chi connectivity index (χ0) is 25.7. The molecule has 1 saturated heterocycles. The van der Waals surface area contributed by atoms with Crippen molar-refractivity contribution in [3.05, 3.63) is 65.1 Å². The number of hydrogen-bond acceptors (Lipinski definition) is 7. The summed E-state index contributed by atoms with van der Waals surface area (Å²) in [6, 6.07) is 9.73. The Balaban J connectivity index is 1.64. The van der Waals surface area contributed by atoms with Gasteiger partial charge in [-0.05, 0) is 31.2 Å². The van der Waals surface area contributed by atoms with Crippen molar-refractivity contribution in [3.8, 4) is 11.8 Å². The Hall–Kier alpha value is -3.71. The molecule has 1 fully saturated rings. The number of benzene rings is 2. The molecule has 2 aromatic carbocycles. The van der Waals surface area contributed by atoms with Crippen molar-refractivity contribution < 1.29 is 18.7 Å². The topological polar surface area (TPSA) is 99.5 Å². The number of fused-ring (bicyclic) bond motifs is 1. The van der Waals surface area contributed by atoms with Gasteiger partial charge in [-0.15, -0.1) is 0 Å². The van der Waals surface area contributed by atoms with Gasteiger partial charge >= 0.3 is 0 Å². The normalized spacial score (nSPS) is 15.0. The van der Waals surface area contributed by atoms with E-state index in [2.05, 4.69) is 26.6 Å². The van der Waals surface area contributed by atoms with Crippen LogP contribution in [0, 0.1) is 17.1 Å². The van der Waals surface area contributed by atoms with Gasteiger partial charge in [0.25, 0.3) is 0 Å². The summed E-state index contributed by atoms with van der Waals surface area (Å²) in [5.74, 6) is -0.455. The van der Waals surface area contributed by atoms with Crippen molar-refractivity contribution in [2.75, 3.05) is 44.0 Å². The molecule has 36 heavy (non-hydrogen) atoms. The molecule has 8 nitrogen and oxygen atoms in total. The van der Waals surface area contributed by atoms with E-state index in [1.165, 1.54) is 37.6 Å². The average Bonchev–Trinajstić information content (AvgIpc) is 2.89. The summed E-state index contributed by atoms with van der Waals surface area (Å²) in [6.07, 6.45) is 4.77. The zero-order valence-electron chi connectivity index (χ0n) is 19.8. The number of aromatic nitrogens is 1. The molecule has 0 radical (unpaired) electrons. The van der Waals surface area contributed by atoms with Crippen molar-refractivity contribution in [2.45, 2.75) is 13.0 Å². The molecular weight excluding hydrogens is 485 g/mol. The van der Waals surface area contributed by atoms with Crippen LogP contribution in [0.15, 0.2) is 48.7 Å². The average molecular weight is 510 g/mol. The van der Waals surface area contributed by atoms with Gasteiger partial charge in [0.2, 0.25) is 5.91 Å². The predicted octanol–water partition coefficient (Wildman–Crippen LogP) is 4.87. The van der Waals surface area contributed by atoms with Crippen molar-refractivity contribution in [2.24, 2.45) is 0 Å². The van der Waals surface area contributed by atoms with Crippen molar-refractivity contribution in [1.82, 2.24) is 9.88 Å². The number of nitriles is 1. The second-order valence-corrected chi connectivity index (χ2v) is 8.63. The van der Waals surface area contributed by atoms with E-state index in [-0.39, 0.29) is 22.5 Å². The summed E-state index contributed by atoms with van der Waals surface area (Å²) in [4.78, 5) is 19.3. The van der Waals surface area contributed by atoms with Gasteiger partial charge in [-0.1, -0.05) is 17.7 Å². The van der Waals surface area contributed by atoms with Crippen LogP contribution in [0.3, 0.4) is 0 Å². The van der Waals surface area contributed by atoms with Gasteiger partial charge in [0, 0.05) is 48.5 Å². The Morgan fingerprint density at radius 2 is 2.11 bits per heavy atom. The molecule has 0 aliphatic carbocycles. The molecule has 1 aliphatic heterocycles. The van der Waals surface area contributed by atoms with Gasteiger partial charge in [0.05, 0.1) is 47.8 Å². The molecule has 186 valence electrons. The fraction of sp³-hybridized carbons (Fsp3) is 0.269. The van der Waals surface area contributed by atoms with Gasteiger partial charge in [0.1, 0.15) is 17.6 Å². The van der Waals surface area contributed by atoms with Crippen LogP contribution in [-0.2, 0) is 9.53 Å². The highest BCUT2D eigenvalue weighted by atomic mass is 35.5. The maximum atomic E-state index is 13.6. The van der Waals surface area contributed by atoms with E-state index in [1.807, 2.05) is 13.0 Å². The number of pyridine rings is 1. The molecule has 1 atom stereocenters. The first kappa shape index (κ1) is 25.4. The third-order valence-electron chi connectivity index (χ3n) is 5.90. The van der Waals surface area contributed by atoms with Crippen LogP contribution >= 0.6 is 11.6 Å². The molecule has 2 heterocycles. The highest BCUT2D eigenvalue weighted by Gasteiger charge is 2.17. The van der Waals surface area contributed by atoms with Crippen LogP contribution in [0.4, 0.5) is 21.5 Å². The summed E-state index contributed by atoms with van der Waals surface area (Å²) < 4.78 is 24.5. The highest BCUT2D eigenvalue weighted by molar-refractivity contribution is 6.31. The number of anilines is 3. The van der Waals surface area contributed by atoms with Gasteiger partial charge in [-0.25, -0.2) is 4.39 Å². The smallest absolute Gasteiger partial charge is 0.248 e. The first-order chi connectivity index (χ1) is 17.4. The van der Waals surface area contributed by atoms with Crippen LogP contribution in [-0.4, -0.2) is 55.2 Å². The molecule has 1 aromatic heterocycles. The highest BCUT2D eigenvalue weighted by Crippen LogP contribution is 2.36. The monoisotopic (exact) mass is 509 g/mol. The van der Waals surface area contributed by atoms with E-state index in [0.29, 0.717) is 46.9 Å². The lowest BCUT2D eigenvalue weighted by molar-refractivity contribution is -0.112. The van der Waals surface area contributed by atoms with Crippen LogP contribution in [0.25, 0.3) is 10.9 Å². The predicted molar refractivity (Wildman–Crippen MR) is 137 cm³/mol. The van der Waals surface area contributed by atoms with Crippen LogP contribution in [0.1, 0.15) is 12.5 Å². The first-order valence-corrected chi connectivity index (χ1v) is 11.7. The minimum atomic E-state index is -0.548. The molecular formula is C26H25ClFN5O3. The molecule has 0 bridgehead atoms. The third-order valence-corrected chi connectivity index (χ3v) is 6.19. The minimum absolute atomic E-state index is 0.0513. The molecule has 0 spiro atoms. The summed E-state index contributed by atoms with van der Waals surface area (Å²) in [7, 11) is 1.50. The minimum Gasteiger partial charge on any atom is -0.494 e. The molecule has 1 aliphatic rings. The number of amides is 1. The number of morpholine rings is 1. The number of halogens is 2. The Morgan fingerprint density at radius 3 is 2.81 bits per heavy atom. The van der Waals surface area contributed by atoms with E-state index in [4.69, 9.17) is 21.1 Å². The maximum Gasteiger partial charge on any atom is 0.248 e. The second-order valence-electron chi connectivity index (χ2n) is 8.22. The van der Waals surface area contributed by atoms with Gasteiger partial charge < -0.3 is 20.1 Å². The van der Waals surface area contributed by atoms with Gasteiger partial charge in [-0.2, -0.15) is 5.26 Å². The summed E-state index contributed by atoms with van der Waals surface area (Å²) in [6.45, 7) is 5.01. The molecule has 10 heteroatoms. The summed E-state index contributed by atoms with van der Waals surface area (Å²) in [5.41, 5.74) is 2.16.